The van der Waals surface area contributed by atoms with Crippen LogP contribution < -0.4 is 16.2 Å². The van der Waals surface area contributed by atoms with Gasteiger partial charge in [0.15, 0.2) is 5.96 Å². The maximum absolute atomic E-state index is 13.1. The van der Waals surface area contributed by atoms with Crippen molar-refractivity contribution in [3.8, 4) is 11.1 Å². The van der Waals surface area contributed by atoms with E-state index in [1.54, 1.807) is 24.3 Å². The third-order valence-corrected chi connectivity index (χ3v) is 5.79. The highest BCUT2D eigenvalue weighted by atomic mass is 32.2. The average Bonchev–Trinajstić information content (AvgIpc) is 2.72. The van der Waals surface area contributed by atoms with E-state index >= 15 is 0 Å². The van der Waals surface area contributed by atoms with Crippen LogP contribution in [-0.4, -0.2) is 25.5 Å². The molecule has 0 spiro atoms. The molecule has 0 saturated heterocycles. The molecule has 0 bridgehead atoms. The number of aliphatic carboxylic acids is 1. The number of carbonyl (C=O) groups is 1. The number of sulfonamides is 1. The smallest absolute Gasteiger partial charge is 0.303 e. The van der Waals surface area contributed by atoms with Crippen LogP contribution in [0.4, 0.5) is 11.4 Å². The van der Waals surface area contributed by atoms with Crippen molar-refractivity contribution in [2.24, 2.45) is 16.5 Å². The highest BCUT2D eigenvalue weighted by Gasteiger charge is 2.18. The summed E-state index contributed by atoms with van der Waals surface area (Å²) in [5.74, 6) is -1.11. The van der Waals surface area contributed by atoms with E-state index in [-0.39, 0.29) is 23.7 Å². The van der Waals surface area contributed by atoms with Gasteiger partial charge in [0.2, 0.25) is 0 Å². The Morgan fingerprint density at radius 2 is 1.71 bits per heavy atom. The van der Waals surface area contributed by atoms with Gasteiger partial charge >= 0.3 is 5.97 Å². The molecule has 6 N–H and O–H groups in total. The second-order valence-corrected chi connectivity index (χ2v) is 8.46. The maximum Gasteiger partial charge on any atom is 0.303 e. The summed E-state index contributed by atoms with van der Waals surface area (Å²) in [6.07, 6.45) is 0.219. The van der Waals surface area contributed by atoms with Gasteiger partial charge in [0, 0.05) is 12.0 Å². The number of nitrogens with one attached hydrogen (secondary N) is 1. The first kappa shape index (κ1) is 21.8. The topological polar surface area (TPSA) is 148 Å². The highest BCUT2D eigenvalue weighted by molar-refractivity contribution is 7.92. The summed E-state index contributed by atoms with van der Waals surface area (Å²) in [4.78, 5) is 14.8. The van der Waals surface area contributed by atoms with E-state index in [9.17, 15) is 13.2 Å². The fraction of sp³-hybridized carbons (Fsp3) is 0.0909. The molecule has 3 rings (SSSR count). The van der Waals surface area contributed by atoms with Crippen molar-refractivity contribution in [1.82, 2.24) is 0 Å². The number of benzene rings is 3. The lowest BCUT2D eigenvalue weighted by Gasteiger charge is -2.15. The summed E-state index contributed by atoms with van der Waals surface area (Å²) in [6, 6.07) is 20.4. The van der Waals surface area contributed by atoms with Gasteiger partial charge in [-0.3, -0.25) is 9.52 Å². The number of nitrogens with zero attached hydrogens (tertiary/aromatic N) is 1. The van der Waals surface area contributed by atoms with Crippen LogP contribution in [0.1, 0.15) is 12.0 Å². The number of anilines is 1. The summed E-state index contributed by atoms with van der Waals surface area (Å²) >= 11 is 0. The van der Waals surface area contributed by atoms with Crippen LogP contribution in [0, 0.1) is 0 Å². The fourth-order valence-corrected chi connectivity index (χ4v) is 4.13. The van der Waals surface area contributed by atoms with Crippen LogP contribution >= 0.6 is 0 Å². The molecule has 9 heteroatoms. The molecular weight excluding hydrogens is 416 g/mol. The Balaban J connectivity index is 2.02. The zero-order valence-corrected chi connectivity index (χ0v) is 17.3. The summed E-state index contributed by atoms with van der Waals surface area (Å²) in [7, 11) is -3.97. The van der Waals surface area contributed by atoms with Crippen molar-refractivity contribution < 1.29 is 18.3 Å². The predicted molar refractivity (Wildman–Crippen MR) is 121 cm³/mol. The van der Waals surface area contributed by atoms with E-state index in [1.165, 1.54) is 18.2 Å². The number of carboxylic acid groups (broad SMARTS) is 1. The zero-order chi connectivity index (χ0) is 22.4. The number of carboxylic acids is 1. The number of hydrogen-bond donors (Lipinski definition) is 4. The Morgan fingerprint density at radius 1 is 0.968 bits per heavy atom. The van der Waals surface area contributed by atoms with Crippen molar-refractivity contribution in [2.45, 2.75) is 17.7 Å². The Kier molecular flexibility index (Phi) is 6.56. The highest BCUT2D eigenvalue weighted by Crippen LogP contribution is 2.31. The maximum atomic E-state index is 13.1. The second kappa shape index (κ2) is 9.31. The molecule has 0 radical (unpaired) electrons. The first-order valence-electron chi connectivity index (χ1n) is 9.37. The van der Waals surface area contributed by atoms with E-state index in [0.29, 0.717) is 22.5 Å². The van der Waals surface area contributed by atoms with E-state index in [4.69, 9.17) is 16.6 Å². The number of nitrogens with two attached hydrogens (primary N) is 2. The minimum Gasteiger partial charge on any atom is -0.481 e. The van der Waals surface area contributed by atoms with E-state index < -0.39 is 16.0 Å². The summed E-state index contributed by atoms with van der Waals surface area (Å²) < 4.78 is 28.8. The third-order valence-electron chi connectivity index (χ3n) is 4.43. The van der Waals surface area contributed by atoms with Gasteiger partial charge in [-0.2, -0.15) is 0 Å². The van der Waals surface area contributed by atoms with Gasteiger partial charge in [-0.15, -0.1) is 0 Å². The van der Waals surface area contributed by atoms with Gasteiger partial charge < -0.3 is 16.6 Å². The van der Waals surface area contributed by atoms with Crippen LogP contribution in [0.3, 0.4) is 0 Å². The van der Waals surface area contributed by atoms with Crippen LogP contribution in [0.25, 0.3) is 11.1 Å². The first-order valence-corrected chi connectivity index (χ1v) is 10.9. The normalized spacial score (nSPS) is 11.0. The lowest BCUT2D eigenvalue weighted by molar-refractivity contribution is -0.136. The van der Waals surface area contributed by atoms with Gasteiger partial charge in [0.1, 0.15) is 0 Å². The van der Waals surface area contributed by atoms with Crippen LogP contribution in [0.2, 0.25) is 0 Å². The molecular formula is C22H22N4O4S. The Labute approximate surface area is 180 Å². The molecule has 0 heterocycles. The minimum absolute atomic E-state index is 0.00930. The molecule has 0 atom stereocenters. The molecule has 0 unspecified atom stereocenters. The molecule has 0 aliphatic heterocycles. The monoisotopic (exact) mass is 438 g/mol. The van der Waals surface area contributed by atoms with Gasteiger partial charge in [-0.1, -0.05) is 48.5 Å². The minimum atomic E-state index is -3.97. The number of hydrogen-bond acceptors (Lipinski definition) is 4. The average molecular weight is 439 g/mol. The number of rotatable bonds is 8. The largest absolute Gasteiger partial charge is 0.481 e. The van der Waals surface area contributed by atoms with E-state index in [0.717, 1.165) is 5.56 Å². The number of aryl methyl sites for hydroxylation is 1. The molecule has 3 aromatic carbocycles. The van der Waals surface area contributed by atoms with E-state index in [2.05, 4.69) is 9.71 Å². The molecule has 0 amide bonds. The standard InChI is InChI=1S/C22H22N4O4S/c23-22(24)25-17-7-4-8-18(14-17)31(29,30)26-20-13-15(10-12-21(27)28)9-11-19(20)16-5-2-1-3-6-16/h1-9,11,13-14,26H,10,12H2,(H,27,28)(H4,23,24,25). The first-order chi connectivity index (χ1) is 14.7. The molecule has 3 aromatic rings. The van der Waals surface area contributed by atoms with Crippen molar-refractivity contribution >= 4 is 33.3 Å². The molecule has 31 heavy (non-hydrogen) atoms. The second-order valence-electron chi connectivity index (χ2n) is 6.78. The molecule has 0 aliphatic carbocycles. The molecule has 160 valence electrons. The van der Waals surface area contributed by atoms with Crippen LogP contribution in [0.5, 0.6) is 0 Å². The van der Waals surface area contributed by atoms with Crippen LogP contribution in [-0.2, 0) is 21.2 Å². The quantitative estimate of drug-likeness (QED) is 0.314. The van der Waals surface area contributed by atoms with Crippen molar-refractivity contribution in [3.05, 3.63) is 78.4 Å². The molecule has 0 fully saturated rings. The lowest BCUT2D eigenvalue weighted by atomic mass is 10.00. The van der Waals surface area contributed by atoms with Gasteiger partial charge in [0.25, 0.3) is 10.0 Å². The third kappa shape index (κ3) is 5.83. The summed E-state index contributed by atoms with van der Waals surface area (Å²) in [5, 5.41) is 8.96. The van der Waals surface area contributed by atoms with E-state index in [1.807, 2.05) is 30.3 Å². The molecule has 0 saturated carbocycles. The van der Waals surface area contributed by atoms with Gasteiger partial charge in [-0.25, -0.2) is 13.4 Å². The lowest BCUT2D eigenvalue weighted by Crippen LogP contribution is -2.22. The summed E-state index contributed by atoms with van der Waals surface area (Å²) in [6.45, 7) is 0. The Bertz CT molecular complexity index is 1220. The van der Waals surface area contributed by atoms with Gasteiger partial charge in [0.05, 0.1) is 16.3 Å². The fourth-order valence-electron chi connectivity index (χ4n) is 3.03. The Morgan fingerprint density at radius 3 is 2.39 bits per heavy atom. The van der Waals surface area contributed by atoms with Crippen molar-refractivity contribution in [1.29, 1.82) is 0 Å². The van der Waals surface area contributed by atoms with Crippen LogP contribution in [0.15, 0.2) is 82.7 Å². The Hall–Kier alpha value is -3.85. The zero-order valence-electron chi connectivity index (χ0n) is 16.5. The molecule has 0 aromatic heterocycles. The SMILES string of the molecule is NC(N)=Nc1cccc(S(=O)(=O)Nc2cc(CCC(=O)O)ccc2-c2ccccc2)c1. The molecule has 8 nitrogen and oxygen atoms in total. The molecule has 0 aliphatic rings. The van der Waals surface area contributed by atoms with Crippen molar-refractivity contribution in [3.63, 3.8) is 0 Å². The number of guanidine groups is 1. The summed E-state index contributed by atoms with van der Waals surface area (Å²) in [5.41, 5.74) is 13.6. The van der Waals surface area contributed by atoms with Crippen molar-refractivity contribution in [2.75, 3.05) is 4.72 Å². The predicted octanol–water partition coefficient (Wildman–Crippen LogP) is 3.08. The van der Waals surface area contributed by atoms with Gasteiger partial charge in [-0.05, 0) is 41.8 Å². The number of aliphatic imine (C=N–C) groups is 1.